The van der Waals surface area contributed by atoms with Gasteiger partial charge in [0.05, 0.1) is 5.69 Å². The molecule has 72 valence electrons. The second-order valence-corrected chi connectivity index (χ2v) is 3.34. The lowest BCUT2D eigenvalue weighted by Gasteiger charge is -2.14. The van der Waals surface area contributed by atoms with E-state index in [1.807, 2.05) is 0 Å². The molecule has 2 N–H and O–H groups in total. The van der Waals surface area contributed by atoms with Gasteiger partial charge in [-0.25, -0.2) is 0 Å². The van der Waals surface area contributed by atoms with Crippen LogP contribution in [0, 0.1) is 0 Å². The number of nitrogens with zero attached hydrogens (tertiary/aromatic N) is 1. The van der Waals surface area contributed by atoms with Crippen molar-refractivity contribution in [1.82, 2.24) is 4.98 Å². The molecule has 1 aromatic rings. The highest BCUT2D eigenvalue weighted by Crippen LogP contribution is 2.29. The van der Waals surface area contributed by atoms with Gasteiger partial charge in [0.2, 0.25) is 0 Å². The van der Waals surface area contributed by atoms with Crippen LogP contribution in [0.25, 0.3) is 0 Å². The Balaban J connectivity index is 2.90. The van der Waals surface area contributed by atoms with Gasteiger partial charge in [-0.2, -0.15) is 13.2 Å². The zero-order valence-electron chi connectivity index (χ0n) is 6.35. The minimum absolute atomic E-state index is 0.185. The van der Waals surface area contributed by atoms with Crippen molar-refractivity contribution < 1.29 is 13.2 Å². The van der Waals surface area contributed by atoms with Crippen molar-refractivity contribution in [2.45, 2.75) is 12.2 Å². The quantitative estimate of drug-likeness (QED) is 0.836. The van der Waals surface area contributed by atoms with E-state index in [9.17, 15) is 13.2 Å². The van der Waals surface area contributed by atoms with Gasteiger partial charge in [-0.1, -0.05) is 0 Å². The first-order chi connectivity index (χ1) is 5.91. The zero-order chi connectivity index (χ0) is 10.1. The molecule has 1 aromatic heterocycles. The summed E-state index contributed by atoms with van der Waals surface area (Å²) in [5.74, 6) is 0. The van der Waals surface area contributed by atoms with E-state index in [1.165, 1.54) is 18.3 Å². The molecule has 0 amide bonds. The molecular weight excluding hydrogens is 249 g/mol. The van der Waals surface area contributed by atoms with Gasteiger partial charge in [0.1, 0.15) is 6.04 Å². The third-order valence-electron chi connectivity index (χ3n) is 1.42. The van der Waals surface area contributed by atoms with Crippen molar-refractivity contribution in [3.63, 3.8) is 0 Å². The highest BCUT2D eigenvalue weighted by Gasteiger charge is 2.38. The van der Waals surface area contributed by atoms with Crippen molar-refractivity contribution in [2.24, 2.45) is 5.73 Å². The maximum Gasteiger partial charge on any atom is 0.409 e. The predicted molar refractivity (Wildman–Crippen MR) is 44.9 cm³/mol. The molecule has 0 fully saturated rings. The van der Waals surface area contributed by atoms with Gasteiger partial charge in [-0.05, 0) is 28.1 Å². The van der Waals surface area contributed by atoms with E-state index < -0.39 is 12.2 Å². The molecule has 0 aliphatic heterocycles. The molecule has 0 aromatic carbocycles. The van der Waals surface area contributed by atoms with Crippen LogP contribution in [0.15, 0.2) is 22.8 Å². The van der Waals surface area contributed by atoms with E-state index in [1.54, 1.807) is 0 Å². The summed E-state index contributed by atoms with van der Waals surface area (Å²) in [4.78, 5) is 3.55. The fraction of sp³-hybridized carbons (Fsp3) is 0.286. The van der Waals surface area contributed by atoms with Crippen LogP contribution in [-0.4, -0.2) is 11.2 Å². The fourth-order valence-electron chi connectivity index (χ4n) is 0.739. The molecule has 0 aliphatic carbocycles. The van der Waals surface area contributed by atoms with E-state index in [4.69, 9.17) is 5.73 Å². The third-order valence-corrected chi connectivity index (χ3v) is 1.89. The monoisotopic (exact) mass is 254 g/mol. The summed E-state index contributed by atoms with van der Waals surface area (Å²) >= 11 is 3.06. The number of pyridine rings is 1. The Hall–Kier alpha value is -0.620. The van der Waals surface area contributed by atoms with Crippen LogP contribution in [0.2, 0.25) is 0 Å². The van der Waals surface area contributed by atoms with Gasteiger partial charge < -0.3 is 5.73 Å². The zero-order valence-corrected chi connectivity index (χ0v) is 7.93. The van der Waals surface area contributed by atoms with Crippen molar-refractivity contribution in [3.8, 4) is 0 Å². The van der Waals surface area contributed by atoms with Crippen LogP contribution in [0.4, 0.5) is 13.2 Å². The minimum Gasteiger partial charge on any atom is -0.315 e. The molecule has 0 radical (unpaired) electrons. The van der Waals surface area contributed by atoms with Gasteiger partial charge in [0.15, 0.2) is 0 Å². The average Bonchev–Trinajstić information content (AvgIpc) is 2.03. The SMILES string of the molecule is NC(c1ccc(Br)cn1)C(F)(F)F. The number of nitrogens with two attached hydrogens (primary N) is 1. The largest absolute Gasteiger partial charge is 0.409 e. The van der Waals surface area contributed by atoms with Crippen LogP contribution in [0.1, 0.15) is 11.7 Å². The second kappa shape index (κ2) is 3.63. The lowest BCUT2D eigenvalue weighted by atomic mass is 10.2. The molecule has 0 bridgehead atoms. The summed E-state index contributed by atoms with van der Waals surface area (Å²) in [5.41, 5.74) is 4.73. The number of aromatic nitrogens is 1. The fourth-order valence-corrected chi connectivity index (χ4v) is 0.973. The molecule has 0 spiro atoms. The summed E-state index contributed by atoms with van der Waals surface area (Å²) in [5, 5.41) is 0. The van der Waals surface area contributed by atoms with Crippen LogP contribution in [-0.2, 0) is 0 Å². The Morgan fingerprint density at radius 1 is 1.38 bits per heavy atom. The minimum atomic E-state index is -4.44. The second-order valence-electron chi connectivity index (χ2n) is 2.42. The van der Waals surface area contributed by atoms with E-state index in [0.717, 1.165) is 0 Å². The summed E-state index contributed by atoms with van der Waals surface area (Å²) in [6.07, 6.45) is -3.16. The summed E-state index contributed by atoms with van der Waals surface area (Å²) in [7, 11) is 0. The molecule has 6 heteroatoms. The van der Waals surface area contributed by atoms with Crippen LogP contribution < -0.4 is 5.73 Å². The molecule has 1 rings (SSSR count). The number of hydrogen-bond donors (Lipinski definition) is 1. The smallest absolute Gasteiger partial charge is 0.315 e. The first-order valence-electron chi connectivity index (χ1n) is 3.35. The molecule has 0 saturated heterocycles. The predicted octanol–water partition coefficient (Wildman–Crippen LogP) is 2.41. The van der Waals surface area contributed by atoms with E-state index in [0.29, 0.717) is 4.47 Å². The molecule has 13 heavy (non-hydrogen) atoms. The molecule has 1 unspecified atom stereocenters. The molecule has 1 atom stereocenters. The first-order valence-corrected chi connectivity index (χ1v) is 4.14. The van der Waals surface area contributed by atoms with Gasteiger partial charge in [0, 0.05) is 10.7 Å². The average molecular weight is 255 g/mol. The van der Waals surface area contributed by atoms with Gasteiger partial charge in [-0.3, -0.25) is 4.98 Å². The number of halogens is 4. The highest BCUT2D eigenvalue weighted by atomic mass is 79.9. The summed E-state index contributed by atoms with van der Waals surface area (Å²) in [6.45, 7) is 0. The van der Waals surface area contributed by atoms with E-state index >= 15 is 0 Å². The van der Waals surface area contributed by atoms with Gasteiger partial charge in [-0.15, -0.1) is 0 Å². The highest BCUT2D eigenvalue weighted by molar-refractivity contribution is 9.10. The Labute approximate surface area is 81.1 Å². The number of rotatable bonds is 1. The summed E-state index contributed by atoms with van der Waals surface area (Å²) < 4.78 is 36.8. The van der Waals surface area contributed by atoms with Crippen molar-refractivity contribution in [2.75, 3.05) is 0 Å². The van der Waals surface area contributed by atoms with Crippen molar-refractivity contribution in [3.05, 3.63) is 28.5 Å². The van der Waals surface area contributed by atoms with Gasteiger partial charge in [0.25, 0.3) is 0 Å². The Kier molecular flexibility index (Phi) is 2.92. The molecule has 2 nitrogen and oxygen atoms in total. The van der Waals surface area contributed by atoms with Crippen LogP contribution in [0.5, 0.6) is 0 Å². The Morgan fingerprint density at radius 3 is 2.38 bits per heavy atom. The topological polar surface area (TPSA) is 38.9 Å². The van der Waals surface area contributed by atoms with Crippen LogP contribution >= 0.6 is 15.9 Å². The van der Waals surface area contributed by atoms with Crippen molar-refractivity contribution in [1.29, 1.82) is 0 Å². The lowest BCUT2D eigenvalue weighted by Crippen LogP contribution is -2.29. The number of alkyl halides is 3. The van der Waals surface area contributed by atoms with Gasteiger partial charge >= 0.3 is 6.18 Å². The molecular formula is C7H6BrF3N2. The normalized spacial score (nSPS) is 14.2. The summed E-state index contributed by atoms with van der Waals surface area (Å²) in [6, 6.07) is 0.691. The lowest BCUT2D eigenvalue weighted by molar-refractivity contribution is -0.150. The third kappa shape index (κ3) is 2.67. The van der Waals surface area contributed by atoms with Crippen molar-refractivity contribution >= 4 is 15.9 Å². The first kappa shape index (κ1) is 10.5. The standard InChI is InChI=1S/C7H6BrF3N2/c8-4-1-2-5(13-3-4)6(12)7(9,10)11/h1-3,6H,12H2. The molecule has 0 saturated carbocycles. The Bertz CT molecular complexity index is 283. The maximum absolute atomic E-state index is 12.1. The van der Waals surface area contributed by atoms with E-state index in [2.05, 4.69) is 20.9 Å². The molecule has 0 aliphatic rings. The van der Waals surface area contributed by atoms with E-state index in [-0.39, 0.29) is 5.69 Å². The van der Waals surface area contributed by atoms with Crippen LogP contribution in [0.3, 0.4) is 0 Å². The maximum atomic E-state index is 12.1. The number of hydrogen-bond acceptors (Lipinski definition) is 2. The molecule has 1 heterocycles. The Morgan fingerprint density at radius 2 is 2.00 bits per heavy atom.